The smallest absolute Gasteiger partial charge is 0.408 e. The molecule has 0 radical (unpaired) electrons. The van der Waals surface area contributed by atoms with Crippen molar-refractivity contribution in [2.75, 3.05) is 0 Å². The van der Waals surface area contributed by atoms with Crippen LogP contribution in [0.2, 0.25) is 10.0 Å². The third kappa shape index (κ3) is 7.78. The number of carbonyl (C=O) groups is 4. The Morgan fingerprint density at radius 1 is 1.02 bits per heavy atom. The number of hydrogen-bond acceptors (Lipinski definition) is 5. The number of nitrogens with two attached hydrogens (primary N) is 1. The summed E-state index contributed by atoms with van der Waals surface area (Å²) in [6.07, 6.45) is 1.12. The van der Waals surface area contributed by atoms with Gasteiger partial charge in [0.15, 0.2) is 0 Å². The molecule has 10 nitrogen and oxygen atoms in total. The van der Waals surface area contributed by atoms with Crippen LogP contribution < -0.4 is 21.7 Å². The summed E-state index contributed by atoms with van der Waals surface area (Å²) >= 11 is 12.9. The molecule has 2 aromatic carbocycles. The topological polar surface area (TPSA) is 155 Å². The molecule has 4 rings (SSSR count). The second kappa shape index (κ2) is 14.8. The molecule has 3 aromatic rings. The monoisotopic (exact) mass is 671 g/mol. The number of rotatable bonds is 12. The van der Waals surface area contributed by atoms with Crippen LogP contribution in [0.4, 0.5) is 4.79 Å². The van der Waals surface area contributed by atoms with Crippen molar-refractivity contribution in [3.63, 3.8) is 0 Å². The number of halogens is 2. The number of primary amides is 1. The van der Waals surface area contributed by atoms with Gasteiger partial charge in [-0.1, -0.05) is 93.6 Å². The molecule has 248 valence electrons. The van der Waals surface area contributed by atoms with E-state index in [9.17, 15) is 19.2 Å². The maximum absolute atomic E-state index is 14.3. The van der Waals surface area contributed by atoms with E-state index in [4.69, 9.17) is 33.7 Å². The van der Waals surface area contributed by atoms with Crippen LogP contribution >= 0.6 is 23.2 Å². The van der Waals surface area contributed by atoms with Crippen LogP contribution in [0.3, 0.4) is 0 Å². The van der Waals surface area contributed by atoms with Gasteiger partial charge in [-0.05, 0) is 54.9 Å². The number of aromatic amines is 1. The van der Waals surface area contributed by atoms with Gasteiger partial charge in [0.1, 0.15) is 24.2 Å². The summed E-state index contributed by atoms with van der Waals surface area (Å²) in [6, 6.07) is 9.04. The first-order valence-corrected chi connectivity index (χ1v) is 16.4. The predicted octanol–water partition coefficient (Wildman–Crippen LogP) is 5.48. The zero-order valence-corrected chi connectivity index (χ0v) is 28.4. The first-order chi connectivity index (χ1) is 21.8. The summed E-state index contributed by atoms with van der Waals surface area (Å²) in [5.74, 6) is -2.29. The van der Waals surface area contributed by atoms with Gasteiger partial charge in [-0.15, -0.1) is 0 Å². The molecule has 5 atom stereocenters. The van der Waals surface area contributed by atoms with Gasteiger partial charge in [-0.2, -0.15) is 0 Å². The lowest BCUT2D eigenvalue weighted by molar-refractivity contribution is -0.137. The van der Waals surface area contributed by atoms with Crippen LogP contribution in [0.1, 0.15) is 69.3 Å². The van der Waals surface area contributed by atoms with E-state index < -0.39 is 41.4 Å². The SMILES string of the molecule is CCC(C)C(NC(=O)OCc1cccc(C)c1)C(=O)N[C@]1(C(=O)N[C@H](C(N)=O)[C@@H](C)CC)CCc2[nH]c3c(Cl)cc(Cl)cc3c2C1. The van der Waals surface area contributed by atoms with E-state index in [1.54, 1.807) is 12.1 Å². The van der Waals surface area contributed by atoms with Gasteiger partial charge in [-0.3, -0.25) is 14.4 Å². The lowest BCUT2D eigenvalue weighted by Gasteiger charge is -2.39. The molecule has 0 saturated carbocycles. The van der Waals surface area contributed by atoms with E-state index in [1.165, 1.54) is 0 Å². The van der Waals surface area contributed by atoms with Crippen molar-refractivity contribution in [2.24, 2.45) is 17.6 Å². The van der Waals surface area contributed by atoms with Gasteiger partial charge >= 0.3 is 6.09 Å². The van der Waals surface area contributed by atoms with Crippen molar-refractivity contribution < 1.29 is 23.9 Å². The summed E-state index contributed by atoms with van der Waals surface area (Å²) in [5, 5.41) is 10.2. The molecule has 1 aliphatic rings. The molecule has 0 spiro atoms. The molecule has 6 N–H and O–H groups in total. The van der Waals surface area contributed by atoms with Crippen LogP contribution in [0.5, 0.6) is 0 Å². The molecule has 12 heteroatoms. The number of hydrogen-bond donors (Lipinski definition) is 5. The highest BCUT2D eigenvalue weighted by Crippen LogP contribution is 2.38. The number of nitrogens with one attached hydrogen (secondary N) is 4. The number of amides is 4. The molecular weight excluding hydrogens is 629 g/mol. The highest BCUT2D eigenvalue weighted by atomic mass is 35.5. The fraction of sp³-hybridized carbons (Fsp3) is 0.471. The average Bonchev–Trinajstić information content (AvgIpc) is 3.38. The van der Waals surface area contributed by atoms with Crippen molar-refractivity contribution in [1.82, 2.24) is 20.9 Å². The second-order valence-electron chi connectivity index (χ2n) is 12.5. The molecule has 0 bridgehead atoms. The van der Waals surface area contributed by atoms with Crippen LogP contribution in [0, 0.1) is 18.8 Å². The van der Waals surface area contributed by atoms with E-state index >= 15 is 0 Å². The van der Waals surface area contributed by atoms with Gasteiger partial charge in [0.2, 0.25) is 17.7 Å². The molecule has 1 heterocycles. The minimum absolute atomic E-state index is 0.0350. The van der Waals surface area contributed by atoms with Gasteiger partial charge in [0, 0.05) is 22.5 Å². The fourth-order valence-electron chi connectivity index (χ4n) is 5.97. The Morgan fingerprint density at radius 2 is 1.72 bits per heavy atom. The highest BCUT2D eigenvalue weighted by molar-refractivity contribution is 6.38. The minimum atomic E-state index is -1.48. The average molecular weight is 673 g/mol. The quantitative estimate of drug-likeness (QED) is 0.172. The zero-order chi connectivity index (χ0) is 33.8. The third-order valence-electron chi connectivity index (χ3n) is 9.13. The van der Waals surface area contributed by atoms with E-state index in [2.05, 4.69) is 20.9 Å². The molecule has 0 saturated heterocycles. The Labute approximate surface area is 279 Å². The number of carbonyl (C=O) groups excluding carboxylic acids is 4. The van der Waals surface area contributed by atoms with Gasteiger partial charge in [-0.25, -0.2) is 4.79 Å². The number of benzene rings is 2. The molecular formula is C34H43Cl2N5O5. The van der Waals surface area contributed by atoms with Crippen molar-refractivity contribution >= 4 is 57.9 Å². The first kappa shape index (κ1) is 35.1. The minimum Gasteiger partial charge on any atom is -0.445 e. The number of H-pyrrole nitrogens is 1. The molecule has 1 aromatic heterocycles. The number of ether oxygens (including phenoxy) is 1. The summed E-state index contributed by atoms with van der Waals surface area (Å²) in [7, 11) is 0. The molecule has 0 fully saturated rings. The lowest BCUT2D eigenvalue weighted by Crippen LogP contribution is -2.67. The van der Waals surface area contributed by atoms with Crippen LogP contribution in [0.15, 0.2) is 36.4 Å². The van der Waals surface area contributed by atoms with E-state index in [-0.39, 0.29) is 31.3 Å². The van der Waals surface area contributed by atoms with Crippen LogP contribution in [-0.2, 0) is 38.6 Å². The molecule has 1 aliphatic carbocycles. The second-order valence-corrected chi connectivity index (χ2v) is 13.3. The lowest BCUT2D eigenvalue weighted by atomic mass is 9.78. The van der Waals surface area contributed by atoms with E-state index in [0.29, 0.717) is 34.8 Å². The Morgan fingerprint density at radius 3 is 2.37 bits per heavy atom. The maximum Gasteiger partial charge on any atom is 0.408 e. The number of aryl methyl sites for hydroxylation is 2. The normalized spacial score (nSPS) is 18.5. The number of fused-ring (bicyclic) bond motifs is 3. The Hall–Kier alpha value is -3.76. The predicted molar refractivity (Wildman–Crippen MR) is 180 cm³/mol. The molecule has 0 aliphatic heterocycles. The zero-order valence-electron chi connectivity index (χ0n) is 26.9. The van der Waals surface area contributed by atoms with Gasteiger partial charge in [0.05, 0.1) is 10.5 Å². The van der Waals surface area contributed by atoms with Crippen molar-refractivity contribution in [2.45, 2.75) is 91.0 Å². The van der Waals surface area contributed by atoms with Crippen molar-refractivity contribution in [3.8, 4) is 0 Å². The van der Waals surface area contributed by atoms with Crippen molar-refractivity contribution in [3.05, 3.63) is 68.8 Å². The Kier molecular flexibility index (Phi) is 11.3. The Balaban J connectivity index is 1.66. The standard InChI is InChI=1S/C34H43Cl2N5O5/c1-6-19(4)27(30(37)42)39-32(44)34(12-11-26-24(16-34)23-14-22(35)15-25(36)29(23)38-26)41-31(43)28(20(5)7-2)40-33(45)46-17-21-10-8-9-18(3)13-21/h8-10,13-15,19-20,27-28,38H,6-7,11-12,16-17H2,1-5H3,(H2,37,42)(H,39,44)(H,40,45)(H,41,43)/t19-,20?,27-,28?,34+/m0/s1. The largest absolute Gasteiger partial charge is 0.445 e. The highest BCUT2D eigenvalue weighted by Gasteiger charge is 2.46. The van der Waals surface area contributed by atoms with Gasteiger partial charge < -0.3 is 31.4 Å². The number of alkyl carbamates (subject to hydrolysis) is 1. The van der Waals surface area contributed by atoms with Gasteiger partial charge in [0.25, 0.3) is 0 Å². The first-order valence-electron chi connectivity index (χ1n) is 15.7. The van der Waals surface area contributed by atoms with Crippen LogP contribution in [0.25, 0.3) is 10.9 Å². The van der Waals surface area contributed by atoms with Crippen molar-refractivity contribution in [1.29, 1.82) is 0 Å². The summed E-state index contributed by atoms with van der Waals surface area (Å²) in [4.78, 5) is 57.1. The molecule has 2 unspecified atom stereocenters. The summed E-state index contributed by atoms with van der Waals surface area (Å²) in [5.41, 5.74) is 8.42. The molecule has 4 amide bonds. The fourth-order valence-corrected chi connectivity index (χ4v) is 6.51. The third-order valence-corrected chi connectivity index (χ3v) is 9.64. The van der Waals surface area contributed by atoms with E-state index in [0.717, 1.165) is 27.8 Å². The summed E-state index contributed by atoms with van der Waals surface area (Å²) in [6.45, 7) is 9.45. The molecule has 46 heavy (non-hydrogen) atoms. The Bertz CT molecular complexity index is 1620. The number of aromatic nitrogens is 1. The maximum atomic E-state index is 14.3. The van der Waals surface area contributed by atoms with E-state index in [1.807, 2.05) is 58.9 Å². The summed E-state index contributed by atoms with van der Waals surface area (Å²) < 4.78 is 5.46. The van der Waals surface area contributed by atoms with Crippen LogP contribution in [-0.4, -0.2) is 46.4 Å².